The summed E-state index contributed by atoms with van der Waals surface area (Å²) in [4.78, 5) is 33.3. The van der Waals surface area contributed by atoms with Gasteiger partial charge in [0.25, 0.3) is 0 Å². The van der Waals surface area contributed by atoms with Crippen molar-refractivity contribution in [2.45, 2.75) is 27.2 Å². The van der Waals surface area contributed by atoms with Crippen molar-refractivity contribution in [3.63, 3.8) is 0 Å². The average molecular weight is 271 g/mol. The number of amides is 1. The van der Waals surface area contributed by atoms with E-state index in [0.717, 1.165) is 12.2 Å². The SMILES string of the molecule is COC(=O)/C=C/C(=O)OCCCNC(=O)C(C)(C)C. The summed E-state index contributed by atoms with van der Waals surface area (Å²) in [5, 5.41) is 2.73. The van der Waals surface area contributed by atoms with Crippen molar-refractivity contribution in [3.8, 4) is 0 Å². The van der Waals surface area contributed by atoms with Crippen LogP contribution in [0.15, 0.2) is 12.2 Å². The van der Waals surface area contributed by atoms with Crippen LogP contribution in [0.2, 0.25) is 0 Å². The summed E-state index contributed by atoms with van der Waals surface area (Å²) in [6.07, 6.45) is 2.50. The highest BCUT2D eigenvalue weighted by atomic mass is 16.5. The molecule has 0 fully saturated rings. The van der Waals surface area contributed by atoms with Gasteiger partial charge in [0.15, 0.2) is 0 Å². The van der Waals surface area contributed by atoms with Crippen molar-refractivity contribution in [1.82, 2.24) is 5.32 Å². The fraction of sp³-hybridized carbons (Fsp3) is 0.615. The van der Waals surface area contributed by atoms with Crippen LogP contribution in [0.1, 0.15) is 27.2 Å². The lowest BCUT2D eigenvalue weighted by molar-refractivity contribution is -0.139. The van der Waals surface area contributed by atoms with Gasteiger partial charge in [0.1, 0.15) is 0 Å². The molecule has 0 aliphatic carbocycles. The standard InChI is InChI=1S/C13H21NO5/c1-13(2,3)12(17)14-8-5-9-19-11(16)7-6-10(15)18-4/h6-7H,5,8-9H2,1-4H3,(H,14,17)/b7-6+. The molecule has 0 radical (unpaired) electrons. The van der Waals surface area contributed by atoms with Crippen molar-refractivity contribution in [2.24, 2.45) is 5.41 Å². The molecule has 0 spiro atoms. The van der Waals surface area contributed by atoms with Gasteiger partial charge in [0, 0.05) is 24.1 Å². The molecular formula is C13H21NO5. The van der Waals surface area contributed by atoms with Gasteiger partial charge in [-0.05, 0) is 6.42 Å². The highest BCUT2D eigenvalue weighted by Gasteiger charge is 2.20. The molecule has 19 heavy (non-hydrogen) atoms. The molecule has 6 nitrogen and oxygen atoms in total. The Labute approximate surface area is 113 Å². The Kier molecular flexibility index (Phi) is 7.48. The molecule has 6 heteroatoms. The van der Waals surface area contributed by atoms with E-state index < -0.39 is 17.4 Å². The normalized spacial score (nSPS) is 11.2. The Bertz CT molecular complexity index is 355. The quantitative estimate of drug-likeness (QED) is 0.439. The summed E-state index contributed by atoms with van der Waals surface area (Å²) in [6, 6.07) is 0. The molecule has 0 saturated heterocycles. The lowest BCUT2D eigenvalue weighted by atomic mass is 9.96. The van der Waals surface area contributed by atoms with Gasteiger partial charge >= 0.3 is 11.9 Å². The van der Waals surface area contributed by atoms with Crippen molar-refractivity contribution < 1.29 is 23.9 Å². The van der Waals surface area contributed by atoms with Crippen molar-refractivity contribution in [3.05, 3.63) is 12.2 Å². The van der Waals surface area contributed by atoms with Crippen LogP contribution >= 0.6 is 0 Å². The molecule has 108 valence electrons. The van der Waals surface area contributed by atoms with E-state index in [1.54, 1.807) is 0 Å². The third-order valence-corrected chi connectivity index (χ3v) is 2.09. The number of carbonyl (C=O) groups excluding carboxylic acids is 3. The van der Waals surface area contributed by atoms with Crippen molar-refractivity contribution in [1.29, 1.82) is 0 Å². The first-order valence-electron chi connectivity index (χ1n) is 5.98. The van der Waals surface area contributed by atoms with E-state index in [2.05, 4.69) is 10.1 Å². The fourth-order valence-corrected chi connectivity index (χ4v) is 0.964. The van der Waals surface area contributed by atoms with Crippen LogP contribution in [0.4, 0.5) is 0 Å². The van der Waals surface area contributed by atoms with Crippen LogP contribution in [-0.4, -0.2) is 38.1 Å². The van der Waals surface area contributed by atoms with Gasteiger partial charge in [-0.2, -0.15) is 0 Å². The van der Waals surface area contributed by atoms with E-state index in [4.69, 9.17) is 4.74 Å². The third kappa shape index (κ3) is 8.82. The second-order valence-corrected chi connectivity index (χ2v) is 4.88. The summed E-state index contributed by atoms with van der Waals surface area (Å²) in [7, 11) is 1.22. The number of nitrogens with one attached hydrogen (secondary N) is 1. The molecule has 0 rings (SSSR count). The molecule has 0 aromatic heterocycles. The molecule has 1 N–H and O–H groups in total. The lowest BCUT2D eigenvalue weighted by Gasteiger charge is -2.17. The molecule has 0 aliphatic rings. The summed E-state index contributed by atoms with van der Waals surface area (Å²) < 4.78 is 9.14. The van der Waals surface area contributed by atoms with Crippen molar-refractivity contribution >= 4 is 17.8 Å². The van der Waals surface area contributed by atoms with E-state index in [-0.39, 0.29) is 12.5 Å². The number of methoxy groups -OCH3 is 1. The molecule has 0 aromatic rings. The van der Waals surface area contributed by atoms with Crippen LogP contribution < -0.4 is 5.32 Å². The van der Waals surface area contributed by atoms with Gasteiger partial charge in [-0.25, -0.2) is 9.59 Å². The molecule has 0 bridgehead atoms. The first-order valence-corrected chi connectivity index (χ1v) is 5.98. The molecule has 0 heterocycles. The summed E-state index contributed by atoms with van der Waals surface area (Å²) in [5.41, 5.74) is -0.431. The van der Waals surface area contributed by atoms with Gasteiger partial charge < -0.3 is 14.8 Å². The highest BCUT2D eigenvalue weighted by Crippen LogP contribution is 2.11. The minimum Gasteiger partial charge on any atom is -0.466 e. The van der Waals surface area contributed by atoms with Crippen LogP contribution in [0.5, 0.6) is 0 Å². The molecule has 0 atom stereocenters. The predicted molar refractivity (Wildman–Crippen MR) is 69.2 cm³/mol. The maximum atomic E-state index is 11.5. The number of ether oxygens (including phenoxy) is 2. The van der Waals surface area contributed by atoms with Crippen LogP contribution in [0.3, 0.4) is 0 Å². The maximum Gasteiger partial charge on any atom is 0.331 e. The Morgan fingerprint density at radius 1 is 1.11 bits per heavy atom. The van der Waals surface area contributed by atoms with Crippen LogP contribution in [0.25, 0.3) is 0 Å². The first-order chi connectivity index (χ1) is 8.77. The maximum absolute atomic E-state index is 11.5. The third-order valence-electron chi connectivity index (χ3n) is 2.09. The van der Waals surface area contributed by atoms with Crippen molar-refractivity contribution in [2.75, 3.05) is 20.3 Å². The number of rotatable bonds is 6. The zero-order valence-electron chi connectivity index (χ0n) is 11.8. The predicted octanol–water partition coefficient (Wildman–Crippen LogP) is 0.811. The van der Waals surface area contributed by atoms with Crippen LogP contribution in [0, 0.1) is 5.41 Å². The van der Waals surface area contributed by atoms with E-state index in [1.807, 2.05) is 20.8 Å². The number of carbonyl (C=O) groups is 3. The topological polar surface area (TPSA) is 81.7 Å². The number of hydrogen-bond donors (Lipinski definition) is 1. The Morgan fingerprint density at radius 2 is 1.68 bits per heavy atom. The van der Waals surface area contributed by atoms with E-state index in [0.29, 0.717) is 13.0 Å². The van der Waals surface area contributed by atoms with Gasteiger partial charge in [0.2, 0.25) is 5.91 Å². The Balaban J connectivity index is 3.71. The second-order valence-electron chi connectivity index (χ2n) is 4.88. The molecule has 0 saturated carbocycles. The van der Waals surface area contributed by atoms with Gasteiger partial charge in [0.05, 0.1) is 13.7 Å². The van der Waals surface area contributed by atoms with Gasteiger partial charge in [-0.15, -0.1) is 0 Å². The molecule has 0 unspecified atom stereocenters. The minimum absolute atomic E-state index is 0.0515. The molecule has 0 aromatic carbocycles. The molecular weight excluding hydrogens is 250 g/mol. The summed E-state index contributed by atoms with van der Waals surface area (Å²) in [6.45, 7) is 6.07. The Hall–Kier alpha value is -1.85. The lowest BCUT2D eigenvalue weighted by Crippen LogP contribution is -2.35. The first kappa shape index (κ1) is 17.2. The second kappa shape index (κ2) is 8.29. The average Bonchev–Trinajstić information content (AvgIpc) is 2.33. The van der Waals surface area contributed by atoms with E-state index >= 15 is 0 Å². The van der Waals surface area contributed by atoms with Gasteiger partial charge in [-0.3, -0.25) is 4.79 Å². The minimum atomic E-state index is -0.618. The van der Waals surface area contributed by atoms with E-state index in [9.17, 15) is 14.4 Å². The van der Waals surface area contributed by atoms with Gasteiger partial charge in [-0.1, -0.05) is 20.8 Å². The Morgan fingerprint density at radius 3 is 2.21 bits per heavy atom. The zero-order chi connectivity index (χ0) is 14.9. The summed E-state index contributed by atoms with van der Waals surface area (Å²) >= 11 is 0. The fourth-order valence-electron chi connectivity index (χ4n) is 0.964. The molecule has 0 aliphatic heterocycles. The number of hydrogen-bond acceptors (Lipinski definition) is 5. The highest BCUT2D eigenvalue weighted by molar-refractivity contribution is 5.91. The number of esters is 2. The zero-order valence-corrected chi connectivity index (χ0v) is 11.8. The smallest absolute Gasteiger partial charge is 0.331 e. The summed E-state index contributed by atoms with van der Waals surface area (Å²) in [5.74, 6) is -1.29. The van der Waals surface area contributed by atoms with E-state index in [1.165, 1.54) is 7.11 Å². The monoisotopic (exact) mass is 271 g/mol. The largest absolute Gasteiger partial charge is 0.466 e. The molecule has 1 amide bonds. The van der Waals surface area contributed by atoms with Crippen LogP contribution in [-0.2, 0) is 23.9 Å².